The number of fused-ring (bicyclic) bond motifs is 1. The third-order valence-electron chi connectivity index (χ3n) is 5.05. The number of carbonyl (C=O) groups is 1. The molecule has 0 amide bonds. The summed E-state index contributed by atoms with van der Waals surface area (Å²) in [6.07, 6.45) is 2.66. The van der Waals surface area contributed by atoms with E-state index in [0.29, 0.717) is 29.3 Å². The molecule has 3 N–H and O–H groups in total. The Kier molecular flexibility index (Phi) is 4.09. The van der Waals surface area contributed by atoms with Crippen LogP contribution in [0.1, 0.15) is 46.9 Å². The first-order valence-corrected chi connectivity index (χ1v) is 8.69. The summed E-state index contributed by atoms with van der Waals surface area (Å²) in [5.41, 5.74) is 2.05. The molecule has 2 heterocycles. The Bertz CT molecular complexity index is 794. The molecule has 0 aromatic heterocycles. The number of phenolic OH excluding ortho intramolecular Hbond substituents is 2. The van der Waals surface area contributed by atoms with E-state index in [9.17, 15) is 15.0 Å². The molecule has 130 valence electrons. The maximum Gasteiger partial charge on any atom is 0.171 e. The average molecular weight is 339 g/mol. The van der Waals surface area contributed by atoms with Crippen molar-refractivity contribution in [2.75, 3.05) is 6.54 Å². The van der Waals surface area contributed by atoms with E-state index < -0.39 is 0 Å². The molecule has 5 heteroatoms. The Morgan fingerprint density at radius 2 is 1.92 bits per heavy atom. The molecule has 1 saturated heterocycles. The Balaban J connectivity index is 1.65. The zero-order valence-corrected chi connectivity index (χ0v) is 13.9. The summed E-state index contributed by atoms with van der Waals surface area (Å²) in [6.45, 7) is 0.980. The number of aromatic hydroxyl groups is 2. The molecule has 2 aromatic rings. The van der Waals surface area contributed by atoms with Crippen LogP contribution < -0.4 is 10.1 Å². The highest BCUT2D eigenvalue weighted by molar-refractivity contribution is 6.02. The lowest BCUT2D eigenvalue weighted by molar-refractivity contribution is 0.0847. The minimum Gasteiger partial charge on any atom is -0.508 e. The second-order valence-corrected chi connectivity index (χ2v) is 6.76. The summed E-state index contributed by atoms with van der Waals surface area (Å²) in [5, 5.41) is 23.1. The van der Waals surface area contributed by atoms with E-state index in [4.69, 9.17) is 4.74 Å². The fourth-order valence-electron chi connectivity index (χ4n) is 3.74. The number of rotatable bonds is 3. The van der Waals surface area contributed by atoms with E-state index in [1.165, 1.54) is 0 Å². The lowest BCUT2D eigenvalue weighted by atomic mass is 9.89. The number of hydrogen-bond donors (Lipinski definition) is 3. The van der Waals surface area contributed by atoms with E-state index in [1.807, 2.05) is 0 Å². The van der Waals surface area contributed by atoms with E-state index >= 15 is 0 Å². The largest absolute Gasteiger partial charge is 0.508 e. The van der Waals surface area contributed by atoms with Gasteiger partial charge in [-0.05, 0) is 55.6 Å². The Labute approximate surface area is 146 Å². The smallest absolute Gasteiger partial charge is 0.171 e. The third-order valence-corrected chi connectivity index (χ3v) is 5.05. The van der Waals surface area contributed by atoms with Gasteiger partial charge in [0.05, 0.1) is 12.0 Å². The summed E-state index contributed by atoms with van der Waals surface area (Å²) in [7, 11) is 0. The lowest BCUT2D eigenvalue weighted by Gasteiger charge is -2.28. The highest BCUT2D eigenvalue weighted by atomic mass is 16.5. The lowest BCUT2D eigenvalue weighted by Crippen LogP contribution is -2.27. The molecule has 0 spiro atoms. The number of phenols is 2. The summed E-state index contributed by atoms with van der Waals surface area (Å²) in [4.78, 5) is 12.8. The molecule has 0 radical (unpaired) electrons. The number of ketones is 1. The number of Topliss-reactive ketones (excluding diaryl/α,β-unsaturated/α-hetero) is 1. The average Bonchev–Trinajstić information content (AvgIpc) is 3.11. The van der Waals surface area contributed by atoms with Crippen LogP contribution in [-0.2, 0) is 6.42 Å². The minimum atomic E-state index is -0.373. The van der Waals surface area contributed by atoms with E-state index in [0.717, 1.165) is 24.9 Å². The van der Waals surface area contributed by atoms with Crippen molar-refractivity contribution in [2.45, 2.75) is 37.8 Å². The van der Waals surface area contributed by atoms with Gasteiger partial charge in [-0.15, -0.1) is 0 Å². The quantitative estimate of drug-likeness (QED) is 0.801. The van der Waals surface area contributed by atoms with Crippen molar-refractivity contribution in [3.63, 3.8) is 0 Å². The van der Waals surface area contributed by atoms with Gasteiger partial charge in [0.2, 0.25) is 0 Å². The Hall–Kier alpha value is -2.53. The zero-order valence-electron chi connectivity index (χ0n) is 13.9. The van der Waals surface area contributed by atoms with E-state index in [1.54, 1.807) is 36.4 Å². The van der Waals surface area contributed by atoms with Gasteiger partial charge in [0, 0.05) is 11.6 Å². The molecule has 5 nitrogen and oxygen atoms in total. The second kappa shape index (κ2) is 6.41. The highest BCUT2D eigenvalue weighted by Crippen LogP contribution is 2.40. The maximum atomic E-state index is 12.8. The predicted octanol–water partition coefficient (Wildman–Crippen LogP) is 3.10. The SMILES string of the molecule is O=C1CC(c2ccc(O)cc2)Oc2ccc(O)c(CC3CCCN3)c21. The monoisotopic (exact) mass is 339 g/mol. The molecule has 2 aliphatic heterocycles. The fourth-order valence-corrected chi connectivity index (χ4v) is 3.74. The maximum absolute atomic E-state index is 12.8. The molecule has 0 saturated carbocycles. The van der Waals surface area contributed by atoms with Gasteiger partial charge in [0.15, 0.2) is 5.78 Å². The van der Waals surface area contributed by atoms with Gasteiger partial charge in [-0.2, -0.15) is 0 Å². The molecular weight excluding hydrogens is 318 g/mol. The minimum absolute atomic E-state index is 0.0109. The van der Waals surface area contributed by atoms with E-state index in [2.05, 4.69) is 5.32 Å². The van der Waals surface area contributed by atoms with Crippen LogP contribution in [0.25, 0.3) is 0 Å². The van der Waals surface area contributed by atoms with Crippen molar-refractivity contribution in [3.05, 3.63) is 53.1 Å². The van der Waals surface area contributed by atoms with Crippen LogP contribution in [-0.4, -0.2) is 28.6 Å². The summed E-state index contributed by atoms with van der Waals surface area (Å²) >= 11 is 0. The van der Waals surface area contributed by atoms with Crippen molar-refractivity contribution in [1.82, 2.24) is 5.32 Å². The molecule has 2 aliphatic rings. The van der Waals surface area contributed by atoms with Gasteiger partial charge in [0.1, 0.15) is 23.4 Å². The normalized spacial score (nSPS) is 22.5. The highest BCUT2D eigenvalue weighted by Gasteiger charge is 2.32. The first-order valence-electron chi connectivity index (χ1n) is 8.69. The van der Waals surface area contributed by atoms with Crippen molar-refractivity contribution < 1.29 is 19.7 Å². The summed E-state index contributed by atoms with van der Waals surface area (Å²) in [5.74, 6) is 0.860. The van der Waals surface area contributed by atoms with Crippen molar-refractivity contribution in [3.8, 4) is 17.2 Å². The molecule has 2 aromatic carbocycles. The van der Waals surface area contributed by atoms with Crippen LogP contribution in [0.15, 0.2) is 36.4 Å². The van der Waals surface area contributed by atoms with Crippen LogP contribution in [0.2, 0.25) is 0 Å². The zero-order chi connectivity index (χ0) is 17.4. The first kappa shape index (κ1) is 16.0. The fraction of sp³-hybridized carbons (Fsp3) is 0.350. The number of hydrogen-bond acceptors (Lipinski definition) is 5. The standard InChI is InChI=1S/C20H21NO4/c22-14-5-3-12(4-6-14)19-11-17(24)20-15(10-13-2-1-9-21-13)16(23)7-8-18(20)25-19/h3-8,13,19,21-23H,1-2,9-11H2. The topological polar surface area (TPSA) is 78.8 Å². The van der Waals surface area contributed by atoms with E-state index in [-0.39, 0.29) is 29.8 Å². The molecule has 25 heavy (non-hydrogen) atoms. The summed E-state index contributed by atoms with van der Waals surface area (Å²) < 4.78 is 6.05. The number of nitrogens with one attached hydrogen (secondary N) is 1. The molecule has 1 fully saturated rings. The van der Waals surface area contributed by atoms with Crippen LogP contribution in [0.4, 0.5) is 0 Å². The van der Waals surface area contributed by atoms with Crippen LogP contribution in [0, 0.1) is 0 Å². The summed E-state index contributed by atoms with van der Waals surface area (Å²) in [6, 6.07) is 10.3. The van der Waals surface area contributed by atoms with Crippen molar-refractivity contribution in [1.29, 1.82) is 0 Å². The molecule has 0 aliphatic carbocycles. The predicted molar refractivity (Wildman–Crippen MR) is 93.3 cm³/mol. The molecule has 2 atom stereocenters. The number of benzene rings is 2. The van der Waals surface area contributed by atoms with Crippen molar-refractivity contribution >= 4 is 5.78 Å². The van der Waals surface area contributed by atoms with Gasteiger partial charge in [-0.3, -0.25) is 4.79 Å². The second-order valence-electron chi connectivity index (χ2n) is 6.76. The Morgan fingerprint density at radius 3 is 2.64 bits per heavy atom. The van der Waals surface area contributed by atoms with Crippen LogP contribution in [0.5, 0.6) is 17.2 Å². The van der Waals surface area contributed by atoms with Crippen molar-refractivity contribution in [2.24, 2.45) is 0 Å². The number of carbonyl (C=O) groups excluding carboxylic acids is 1. The van der Waals surface area contributed by atoms with Gasteiger partial charge in [-0.1, -0.05) is 12.1 Å². The number of ether oxygens (including phenoxy) is 1. The molecule has 0 bridgehead atoms. The molecule has 2 unspecified atom stereocenters. The van der Waals surface area contributed by atoms with Gasteiger partial charge in [0.25, 0.3) is 0 Å². The molecular formula is C20H21NO4. The van der Waals surface area contributed by atoms with Gasteiger partial charge < -0.3 is 20.3 Å². The third kappa shape index (κ3) is 3.07. The van der Waals surface area contributed by atoms with Gasteiger partial charge >= 0.3 is 0 Å². The van der Waals surface area contributed by atoms with Crippen LogP contribution in [0.3, 0.4) is 0 Å². The van der Waals surface area contributed by atoms with Crippen LogP contribution >= 0.6 is 0 Å². The molecule has 4 rings (SSSR count). The van der Waals surface area contributed by atoms with Gasteiger partial charge in [-0.25, -0.2) is 0 Å². The Morgan fingerprint density at radius 1 is 1.12 bits per heavy atom. The first-order chi connectivity index (χ1) is 12.1.